The molecule has 1 aliphatic rings. The molecule has 0 spiro atoms. The van der Waals surface area contributed by atoms with E-state index in [4.69, 9.17) is 11.6 Å². The smallest absolute Gasteiger partial charge is 0.230 e. The van der Waals surface area contributed by atoms with Crippen molar-refractivity contribution in [2.24, 2.45) is 0 Å². The number of nitrogens with zero attached hydrogens (tertiary/aromatic N) is 3. The van der Waals surface area contributed by atoms with Gasteiger partial charge in [-0.2, -0.15) is 0 Å². The lowest BCUT2D eigenvalue weighted by Crippen LogP contribution is -2.27. The summed E-state index contributed by atoms with van der Waals surface area (Å²) < 4.78 is 2.13. The second-order valence-corrected chi connectivity index (χ2v) is 7.26. The fraction of sp³-hybridized carbons (Fsp3) is 0.471. The van der Waals surface area contributed by atoms with Crippen molar-refractivity contribution in [1.29, 1.82) is 0 Å². The number of aromatic nitrogens is 3. The molecule has 1 fully saturated rings. The Labute approximate surface area is 151 Å². The number of rotatable bonds is 8. The van der Waals surface area contributed by atoms with E-state index in [9.17, 15) is 4.79 Å². The van der Waals surface area contributed by atoms with Crippen molar-refractivity contribution >= 4 is 29.3 Å². The molecule has 0 bridgehead atoms. The summed E-state index contributed by atoms with van der Waals surface area (Å²) in [6.45, 7) is 3.54. The lowest BCUT2D eigenvalue weighted by molar-refractivity contribution is -0.118. The minimum absolute atomic E-state index is 0.0145. The molecule has 1 heterocycles. The van der Waals surface area contributed by atoms with Gasteiger partial charge in [0, 0.05) is 24.0 Å². The Hall–Kier alpha value is -1.53. The maximum Gasteiger partial charge on any atom is 0.230 e. The average Bonchev–Trinajstić information content (AvgIpc) is 3.33. The first-order chi connectivity index (χ1) is 11.7. The van der Waals surface area contributed by atoms with Crippen molar-refractivity contribution in [2.45, 2.75) is 43.8 Å². The van der Waals surface area contributed by atoms with Gasteiger partial charge in [0.2, 0.25) is 5.91 Å². The Morgan fingerprint density at radius 1 is 1.42 bits per heavy atom. The van der Waals surface area contributed by atoms with Gasteiger partial charge in [-0.15, -0.1) is 10.2 Å². The Balaban J connectivity index is 1.44. The van der Waals surface area contributed by atoms with Crippen LogP contribution in [0.3, 0.4) is 0 Å². The molecular weight excluding hydrogens is 344 g/mol. The van der Waals surface area contributed by atoms with Gasteiger partial charge in [0.15, 0.2) is 5.16 Å². The van der Waals surface area contributed by atoms with Gasteiger partial charge in [-0.1, -0.05) is 35.5 Å². The number of benzene rings is 1. The summed E-state index contributed by atoms with van der Waals surface area (Å²) in [5, 5.41) is 13.0. The number of hydrogen-bond acceptors (Lipinski definition) is 4. The van der Waals surface area contributed by atoms with Crippen molar-refractivity contribution in [3.63, 3.8) is 0 Å². The van der Waals surface area contributed by atoms with Crippen LogP contribution in [0.2, 0.25) is 5.02 Å². The molecule has 1 saturated carbocycles. The Kier molecular flexibility index (Phi) is 5.79. The number of hydrogen-bond donors (Lipinski definition) is 1. The Bertz CT molecular complexity index is 714. The third-order valence-corrected chi connectivity index (χ3v) is 5.16. The molecule has 0 aliphatic heterocycles. The molecule has 0 atom stereocenters. The summed E-state index contributed by atoms with van der Waals surface area (Å²) in [7, 11) is 0. The summed E-state index contributed by atoms with van der Waals surface area (Å²) in [4.78, 5) is 12.0. The normalized spacial score (nSPS) is 13.9. The van der Waals surface area contributed by atoms with Crippen LogP contribution < -0.4 is 5.32 Å². The molecule has 2 aromatic rings. The largest absolute Gasteiger partial charge is 0.355 e. The van der Waals surface area contributed by atoms with Crippen LogP contribution in [0.5, 0.6) is 0 Å². The minimum Gasteiger partial charge on any atom is -0.355 e. The highest BCUT2D eigenvalue weighted by Gasteiger charge is 2.30. The van der Waals surface area contributed by atoms with Gasteiger partial charge >= 0.3 is 0 Å². The molecule has 128 valence electrons. The van der Waals surface area contributed by atoms with Crippen LogP contribution in [0.4, 0.5) is 0 Å². The van der Waals surface area contributed by atoms with Crippen LogP contribution in [-0.4, -0.2) is 33.0 Å². The van der Waals surface area contributed by atoms with Crippen molar-refractivity contribution < 1.29 is 4.79 Å². The number of nitrogens with one attached hydrogen (secondary N) is 1. The number of thioether (sulfide) groups is 1. The molecule has 0 saturated heterocycles. The standard InChI is InChI=1S/C17H21ClN4OS/c1-2-22-16(13-6-7-13)20-21-17(22)24-11-15(23)19-9-8-12-4-3-5-14(18)10-12/h3-5,10,13H,2,6-9,11H2,1H3,(H,19,23). The van der Waals surface area contributed by atoms with E-state index < -0.39 is 0 Å². The van der Waals surface area contributed by atoms with Crippen molar-refractivity contribution in [3.8, 4) is 0 Å². The summed E-state index contributed by atoms with van der Waals surface area (Å²) in [6, 6.07) is 7.70. The maximum absolute atomic E-state index is 12.0. The highest BCUT2D eigenvalue weighted by Crippen LogP contribution is 2.39. The van der Waals surface area contributed by atoms with E-state index >= 15 is 0 Å². The van der Waals surface area contributed by atoms with Crippen LogP contribution >= 0.6 is 23.4 Å². The average molecular weight is 365 g/mol. The van der Waals surface area contributed by atoms with Gasteiger partial charge in [-0.05, 0) is 43.9 Å². The fourth-order valence-electron chi connectivity index (χ4n) is 2.57. The quantitative estimate of drug-likeness (QED) is 0.730. The summed E-state index contributed by atoms with van der Waals surface area (Å²) in [5.41, 5.74) is 1.12. The van der Waals surface area contributed by atoms with Gasteiger partial charge in [-0.3, -0.25) is 4.79 Å². The first-order valence-electron chi connectivity index (χ1n) is 8.24. The van der Waals surface area contributed by atoms with Crippen LogP contribution in [0.25, 0.3) is 0 Å². The second-order valence-electron chi connectivity index (χ2n) is 5.88. The van der Waals surface area contributed by atoms with E-state index in [1.165, 1.54) is 24.6 Å². The summed E-state index contributed by atoms with van der Waals surface area (Å²) in [5.74, 6) is 2.01. The minimum atomic E-state index is 0.0145. The van der Waals surface area contributed by atoms with Crippen LogP contribution in [-0.2, 0) is 17.8 Å². The number of halogens is 1. The third kappa shape index (κ3) is 4.51. The third-order valence-electron chi connectivity index (χ3n) is 3.96. The molecule has 1 aliphatic carbocycles. The van der Waals surface area contributed by atoms with Gasteiger partial charge in [0.1, 0.15) is 5.82 Å². The maximum atomic E-state index is 12.0. The van der Waals surface area contributed by atoms with E-state index in [2.05, 4.69) is 27.0 Å². The Morgan fingerprint density at radius 3 is 2.96 bits per heavy atom. The second kappa shape index (κ2) is 8.03. The van der Waals surface area contributed by atoms with E-state index in [1.54, 1.807) is 0 Å². The van der Waals surface area contributed by atoms with Crippen LogP contribution in [0, 0.1) is 0 Å². The lowest BCUT2D eigenvalue weighted by Gasteiger charge is -2.07. The predicted molar refractivity (Wildman–Crippen MR) is 96.6 cm³/mol. The monoisotopic (exact) mass is 364 g/mol. The molecule has 1 aromatic carbocycles. The molecule has 0 radical (unpaired) electrons. The zero-order chi connectivity index (χ0) is 16.9. The molecule has 0 unspecified atom stereocenters. The van der Waals surface area contributed by atoms with E-state index in [0.717, 1.165) is 34.5 Å². The van der Waals surface area contributed by atoms with E-state index in [-0.39, 0.29) is 5.91 Å². The zero-order valence-electron chi connectivity index (χ0n) is 13.7. The van der Waals surface area contributed by atoms with Crippen molar-refractivity contribution in [2.75, 3.05) is 12.3 Å². The first kappa shape index (κ1) is 17.3. The zero-order valence-corrected chi connectivity index (χ0v) is 15.2. The van der Waals surface area contributed by atoms with Crippen molar-refractivity contribution in [1.82, 2.24) is 20.1 Å². The van der Waals surface area contributed by atoms with Crippen LogP contribution in [0.15, 0.2) is 29.4 Å². The molecular formula is C17H21ClN4OS. The SMILES string of the molecule is CCn1c(SCC(=O)NCCc2cccc(Cl)c2)nnc1C1CC1. The highest BCUT2D eigenvalue weighted by molar-refractivity contribution is 7.99. The Morgan fingerprint density at radius 2 is 2.25 bits per heavy atom. The van der Waals surface area contributed by atoms with Gasteiger partial charge < -0.3 is 9.88 Å². The first-order valence-corrected chi connectivity index (χ1v) is 9.60. The lowest BCUT2D eigenvalue weighted by atomic mass is 10.1. The highest BCUT2D eigenvalue weighted by atomic mass is 35.5. The van der Waals surface area contributed by atoms with E-state index in [1.807, 2.05) is 24.3 Å². The number of amides is 1. The number of carbonyl (C=O) groups is 1. The van der Waals surface area contributed by atoms with Crippen molar-refractivity contribution in [3.05, 3.63) is 40.7 Å². The molecule has 24 heavy (non-hydrogen) atoms. The number of carbonyl (C=O) groups excluding carboxylic acids is 1. The molecule has 1 amide bonds. The molecule has 7 heteroatoms. The molecule has 5 nitrogen and oxygen atoms in total. The molecule has 3 rings (SSSR count). The topological polar surface area (TPSA) is 59.8 Å². The summed E-state index contributed by atoms with van der Waals surface area (Å²) >= 11 is 7.41. The summed E-state index contributed by atoms with van der Waals surface area (Å²) in [6.07, 6.45) is 3.17. The molecule has 1 N–H and O–H groups in total. The van der Waals surface area contributed by atoms with Gasteiger partial charge in [0.25, 0.3) is 0 Å². The predicted octanol–water partition coefficient (Wildman–Crippen LogP) is 3.28. The van der Waals surface area contributed by atoms with E-state index in [0.29, 0.717) is 18.2 Å². The molecule has 1 aromatic heterocycles. The van der Waals surface area contributed by atoms with Gasteiger partial charge in [0.05, 0.1) is 5.75 Å². The fourth-order valence-corrected chi connectivity index (χ4v) is 3.62. The van der Waals surface area contributed by atoms with Crippen LogP contribution in [0.1, 0.15) is 37.1 Å². The van der Waals surface area contributed by atoms with Gasteiger partial charge in [-0.25, -0.2) is 0 Å².